The number of rotatable bonds is 4. The summed E-state index contributed by atoms with van der Waals surface area (Å²) in [6, 6.07) is 2.72. The van der Waals surface area contributed by atoms with Gasteiger partial charge in [-0.1, -0.05) is 13.8 Å². The second-order valence-electron chi connectivity index (χ2n) is 2.72. The minimum absolute atomic E-state index is 0.100. The van der Waals surface area contributed by atoms with E-state index in [0.717, 1.165) is 12.1 Å². The van der Waals surface area contributed by atoms with Crippen molar-refractivity contribution in [2.24, 2.45) is 0 Å². The van der Waals surface area contributed by atoms with Crippen LogP contribution in [0.4, 0.5) is 20.3 Å². The summed E-state index contributed by atoms with van der Waals surface area (Å²) >= 11 is 0. The molecule has 0 aliphatic heterocycles. The van der Waals surface area contributed by atoms with Crippen molar-refractivity contribution in [3.05, 3.63) is 34.1 Å². The van der Waals surface area contributed by atoms with Crippen LogP contribution in [0.1, 0.15) is 13.8 Å². The lowest BCUT2D eigenvalue weighted by Crippen LogP contribution is -2.14. The van der Waals surface area contributed by atoms with Crippen molar-refractivity contribution in [3.8, 4) is 0 Å². The number of hydrogen-bond acceptors (Lipinski definition) is 5. The molecule has 0 bridgehead atoms. The smallest absolute Gasteiger partial charge is 0.367 e. The highest BCUT2D eigenvalue weighted by Gasteiger charge is 2.15. The molecule has 0 saturated carbocycles. The van der Waals surface area contributed by atoms with Crippen molar-refractivity contribution in [2.75, 3.05) is 11.9 Å². The van der Waals surface area contributed by atoms with E-state index in [0.29, 0.717) is 6.07 Å². The van der Waals surface area contributed by atoms with Crippen LogP contribution in [0.15, 0.2) is 18.2 Å². The number of nitrogens with zero attached hydrogens (tertiary/aromatic N) is 1. The van der Waals surface area contributed by atoms with Crippen LogP contribution in [0.2, 0.25) is 0 Å². The number of carbonyl (C=O) groups is 1. The number of nitro groups is 1. The Morgan fingerprint density at radius 1 is 1.50 bits per heavy atom. The Bertz CT molecular complexity index is 426. The van der Waals surface area contributed by atoms with Crippen molar-refractivity contribution in [1.29, 1.82) is 0 Å². The molecule has 0 saturated heterocycles. The van der Waals surface area contributed by atoms with E-state index >= 15 is 0 Å². The van der Waals surface area contributed by atoms with Gasteiger partial charge in [0.25, 0.3) is 5.69 Å². The monoisotopic (exact) mass is 262 g/mol. The van der Waals surface area contributed by atoms with Crippen LogP contribution in [0, 0.1) is 15.9 Å². The maximum Gasteiger partial charge on any atom is 0.367 e. The van der Waals surface area contributed by atoms with E-state index < -0.39 is 28.9 Å². The first-order chi connectivity index (χ1) is 8.54. The zero-order valence-electron chi connectivity index (χ0n) is 9.78. The normalized spacial score (nSPS) is 8.89. The van der Waals surface area contributed by atoms with Gasteiger partial charge in [-0.05, 0) is 12.1 Å². The zero-order valence-corrected chi connectivity index (χ0v) is 9.78. The number of nitro benzene ring substituents is 1. The highest BCUT2D eigenvalue weighted by Crippen LogP contribution is 2.24. The molecule has 1 aromatic rings. The van der Waals surface area contributed by atoms with Gasteiger partial charge in [0.15, 0.2) is 0 Å². The third kappa shape index (κ3) is 4.73. The Kier molecular flexibility index (Phi) is 6.94. The van der Waals surface area contributed by atoms with E-state index in [1.165, 1.54) is 0 Å². The highest BCUT2D eigenvalue weighted by atomic mass is 19.3. The van der Waals surface area contributed by atoms with Crippen LogP contribution in [0.5, 0.6) is 0 Å². The SMILES string of the molecule is CC.O=C(CNc1ccc(F)cc1[N+](=O)[O-])OF. The summed E-state index contributed by atoms with van der Waals surface area (Å²) in [5.41, 5.74) is -0.650. The number of benzene rings is 1. The predicted molar refractivity (Wildman–Crippen MR) is 60.1 cm³/mol. The minimum atomic E-state index is -1.24. The maximum atomic E-state index is 12.7. The van der Waals surface area contributed by atoms with E-state index in [1.807, 2.05) is 13.8 Å². The van der Waals surface area contributed by atoms with Gasteiger partial charge in [0.05, 0.1) is 11.0 Å². The first kappa shape index (κ1) is 15.8. The van der Waals surface area contributed by atoms with Crippen molar-refractivity contribution >= 4 is 17.3 Å². The molecular formula is C10H12F2N2O4. The number of anilines is 1. The Morgan fingerprint density at radius 2 is 2.11 bits per heavy atom. The minimum Gasteiger partial charge on any atom is -0.369 e. The second-order valence-corrected chi connectivity index (χ2v) is 2.72. The fourth-order valence-electron chi connectivity index (χ4n) is 1.00. The summed E-state index contributed by atoms with van der Waals surface area (Å²) in [6.07, 6.45) is 0. The Balaban J connectivity index is 0.00000137. The van der Waals surface area contributed by atoms with Crippen LogP contribution in [0.3, 0.4) is 0 Å². The molecule has 0 aliphatic rings. The number of hydrogen-bond donors (Lipinski definition) is 1. The lowest BCUT2D eigenvalue weighted by Gasteiger charge is -2.04. The molecule has 18 heavy (non-hydrogen) atoms. The molecule has 8 heteroatoms. The Hall–Kier alpha value is -2.25. The average molecular weight is 262 g/mol. The van der Waals surface area contributed by atoms with Crippen LogP contribution in [-0.4, -0.2) is 17.4 Å². The van der Waals surface area contributed by atoms with E-state index in [4.69, 9.17) is 0 Å². The van der Waals surface area contributed by atoms with Crippen molar-refractivity contribution < 1.29 is 23.6 Å². The molecule has 0 heterocycles. The Morgan fingerprint density at radius 3 is 2.61 bits per heavy atom. The van der Waals surface area contributed by atoms with Gasteiger partial charge in [-0.15, -0.1) is 0 Å². The first-order valence-electron chi connectivity index (χ1n) is 5.04. The third-order valence-corrected chi connectivity index (χ3v) is 1.67. The lowest BCUT2D eigenvalue weighted by molar-refractivity contribution is -0.384. The van der Waals surface area contributed by atoms with E-state index in [9.17, 15) is 23.8 Å². The molecule has 0 atom stereocenters. The second kappa shape index (κ2) is 7.93. The molecule has 0 unspecified atom stereocenters. The van der Waals surface area contributed by atoms with E-state index in [2.05, 4.69) is 10.3 Å². The van der Waals surface area contributed by atoms with Gasteiger partial charge in [-0.2, -0.15) is 0 Å². The fraction of sp³-hybridized carbons (Fsp3) is 0.300. The standard InChI is InChI=1S/C8H6F2N2O4.C2H6/c9-5-1-2-6(7(3-5)12(14)15)11-4-8(13)16-10;1-2/h1-3,11H,4H2;1-2H3. The maximum absolute atomic E-state index is 12.7. The van der Waals surface area contributed by atoms with Gasteiger partial charge < -0.3 is 5.32 Å². The van der Waals surface area contributed by atoms with E-state index in [1.54, 1.807) is 0 Å². The molecule has 0 radical (unpaired) electrons. The molecule has 0 aliphatic carbocycles. The van der Waals surface area contributed by atoms with Crippen LogP contribution >= 0.6 is 0 Å². The number of nitrogens with one attached hydrogen (secondary N) is 1. The van der Waals surface area contributed by atoms with Crippen LogP contribution < -0.4 is 5.32 Å². The van der Waals surface area contributed by atoms with Crippen LogP contribution in [0.25, 0.3) is 0 Å². The molecular weight excluding hydrogens is 250 g/mol. The van der Waals surface area contributed by atoms with Gasteiger partial charge in [0, 0.05) is 4.53 Å². The van der Waals surface area contributed by atoms with Gasteiger partial charge in [0.2, 0.25) is 0 Å². The highest BCUT2D eigenvalue weighted by molar-refractivity contribution is 5.76. The summed E-state index contributed by atoms with van der Waals surface area (Å²) in [5.74, 6) is -2.02. The number of carbonyl (C=O) groups excluding carboxylic acids is 1. The quantitative estimate of drug-likeness (QED) is 0.666. The molecule has 1 rings (SSSR count). The Labute approximate surface area is 102 Å². The molecule has 0 fully saturated rings. The van der Waals surface area contributed by atoms with Crippen molar-refractivity contribution in [2.45, 2.75) is 13.8 Å². The lowest BCUT2D eigenvalue weighted by atomic mass is 10.2. The topological polar surface area (TPSA) is 81.5 Å². The van der Waals surface area contributed by atoms with Crippen LogP contribution in [-0.2, 0) is 9.74 Å². The van der Waals surface area contributed by atoms with Gasteiger partial charge >= 0.3 is 5.97 Å². The molecule has 1 N–H and O–H groups in total. The largest absolute Gasteiger partial charge is 0.369 e. The summed E-state index contributed by atoms with van der Waals surface area (Å²) in [7, 11) is 0. The van der Waals surface area contributed by atoms with E-state index in [-0.39, 0.29) is 5.69 Å². The number of halogens is 2. The summed E-state index contributed by atoms with van der Waals surface area (Å²) in [5, 5.41) is 12.7. The van der Waals surface area contributed by atoms with Gasteiger partial charge in [0.1, 0.15) is 18.0 Å². The molecule has 1 aromatic carbocycles. The first-order valence-corrected chi connectivity index (χ1v) is 5.04. The van der Waals surface area contributed by atoms with Gasteiger partial charge in [-0.25, -0.2) is 9.18 Å². The fourth-order valence-corrected chi connectivity index (χ4v) is 1.00. The average Bonchev–Trinajstić information content (AvgIpc) is 2.39. The summed E-state index contributed by atoms with van der Waals surface area (Å²) < 4.78 is 24.0. The van der Waals surface area contributed by atoms with Crippen molar-refractivity contribution in [3.63, 3.8) is 0 Å². The molecule has 0 spiro atoms. The third-order valence-electron chi connectivity index (χ3n) is 1.67. The molecule has 6 nitrogen and oxygen atoms in total. The molecule has 0 amide bonds. The molecule has 0 aromatic heterocycles. The zero-order chi connectivity index (χ0) is 14.1. The summed E-state index contributed by atoms with van der Waals surface area (Å²) in [4.78, 5) is 22.9. The van der Waals surface area contributed by atoms with Gasteiger partial charge in [-0.3, -0.25) is 15.1 Å². The predicted octanol–water partition coefficient (Wildman–Crippen LogP) is 2.60. The molecule has 100 valence electrons. The van der Waals surface area contributed by atoms with Crippen molar-refractivity contribution in [1.82, 2.24) is 0 Å². The summed E-state index contributed by atoms with van der Waals surface area (Å²) in [6.45, 7) is 3.41.